The van der Waals surface area contributed by atoms with Crippen LogP contribution in [0.2, 0.25) is 0 Å². The molecule has 2 N–H and O–H groups in total. The van der Waals surface area contributed by atoms with E-state index in [1.165, 1.54) is 32.4 Å². The van der Waals surface area contributed by atoms with Gasteiger partial charge in [-0.25, -0.2) is 14.4 Å². The fourth-order valence-corrected chi connectivity index (χ4v) is 2.18. The molecule has 1 aromatic carbocycles. The molecule has 1 aliphatic heterocycles. The fraction of sp³-hybridized carbons (Fsp3) is 0.333. The van der Waals surface area contributed by atoms with Crippen LogP contribution < -0.4 is 10.6 Å². The van der Waals surface area contributed by atoms with Crippen LogP contribution in [0.3, 0.4) is 0 Å². The second kappa shape index (κ2) is 7.44. The summed E-state index contributed by atoms with van der Waals surface area (Å²) in [5.41, 5.74) is 0.620. The quantitative estimate of drug-likeness (QED) is 0.740. The van der Waals surface area contributed by atoms with Crippen molar-refractivity contribution >= 4 is 29.6 Å². The first-order valence-electron chi connectivity index (χ1n) is 7.10. The summed E-state index contributed by atoms with van der Waals surface area (Å²) >= 11 is 0. The van der Waals surface area contributed by atoms with Crippen molar-refractivity contribution in [3.63, 3.8) is 0 Å². The van der Waals surface area contributed by atoms with Gasteiger partial charge in [-0.05, 0) is 18.2 Å². The Kier molecular flexibility index (Phi) is 5.35. The molecule has 1 aromatic rings. The maximum absolute atomic E-state index is 12.0. The molecule has 3 amide bonds. The van der Waals surface area contributed by atoms with Crippen LogP contribution in [0.15, 0.2) is 18.2 Å². The lowest BCUT2D eigenvalue weighted by Gasteiger charge is -2.14. The minimum atomic E-state index is -0.631. The van der Waals surface area contributed by atoms with Crippen LogP contribution in [0, 0.1) is 0 Å². The number of esters is 2. The lowest BCUT2D eigenvalue weighted by Crippen LogP contribution is -2.38. The number of urea groups is 1. The molecular formula is C15H17N3O6. The van der Waals surface area contributed by atoms with Gasteiger partial charge in [0, 0.05) is 18.8 Å². The lowest BCUT2D eigenvalue weighted by atomic mass is 10.1. The SMILES string of the molecule is COC(=O)c1cc(NCC(=O)N2CCNC2=O)cc(C(=O)OC)c1. The van der Waals surface area contributed by atoms with Gasteiger partial charge in [0.15, 0.2) is 0 Å². The maximum atomic E-state index is 12.0. The first-order chi connectivity index (χ1) is 11.5. The monoisotopic (exact) mass is 335 g/mol. The number of amides is 3. The van der Waals surface area contributed by atoms with E-state index >= 15 is 0 Å². The van der Waals surface area contributed by atoms with E-state index in [-0.39, 0.29) is 17.7 Å². The molecule has 0 saturated carbocycles. The van der Waals surface area contributed by atoms with E-state index in [1.807, 2.05) is 0 Å². The summed E-state index contributed by atoms with van der Waals surface area (Å²) in [5.74, 6) is -1.68. The number of rotatable bonds is 5. The molecule has 0 aromatic heterocycles. The molecule has 0 spiro atoms. The Hall–Kier alpha value is -3.10. The normalized spacial score (nSPS) is 13.2. The summed E-state index contributed by atoms with van der Waals surface area (Å²) < 4.78 is 9.27. The standard InChI is InChI=1S/C15H17N3O6/c1-23-13(20)9-5-10(14(21)24-2)7-11(6-9)17-8-12(19)18-4-3-16-15(18)22/h5-7,17H,3-4,8H2,1-2H3,(H,16,22). The van der Waals surface area contributed by atoms with Gasteiger partial charge in [0.05, 0.1) is 31.9 Å². The number of benzene rings is 1. The summed E-state index contributed by atoms with van der Waals surface area (Å²) in [6.45, 7) is 0.544. The molecule has 2 rings (SSSR count). The Morgan fingerprint density at radius 2 is 1.71 bits per heavy atom. The molecule has 0 bridgehead atoms. The summed E-state index contributed by atoms with van der Waals surface area (Å²) in [7, 11) is 2.44. The molecule has 9 nitrogen and oxygen atoms in total. The Bertz CT molecular complexity index is 654. The van der Waals surface area contributed by atoms with Gasteiger partial charge in [-0.15, -0.1) is 0 Å². The summed E-state index contributed by atoms with van der Waals surface area (Å²) in [5, 5.41) is 5.32. The third-order valence-electron chi connectivity index (χ3n) is 3.38. The highest BCUT2D eigenvalue weighted by Crippen LogP contribution is 2.17. The first kappa shape index (κ1) is 17.3. The van der Waals surface area contributed by atoms with Gasteiger partial charge in [-0.3, -0.25) is 9.69 Å². The highest BCUT2D eigenvalue weighted by molar-refractivity contribution is 5.99. The number of ether oxygens (including phenoxy) is 2. The molecule has 0 radical (unpaired) electrons. The summed E-state index contributed by atoms with van der Waals surface area (Å²) in [6.07, 6.45) is 0. The van der Waals surface area contributed by atoms with Gasteiger partial charge in [-0.1, -0.05) is 0 Å². The second-order valence-corrected chi connectivity index (χ2v) is 4.91. The third kappa shape index (κ3) is 3.80. The van der Waals surface area contributed by atoms with E-state index in [4.69, 9.17) is 0 Å². The zero-order chi connectivity index (χ0) is 17.7. The number of methoxy groups -OCH3 is 2. The molecule has 1 heterocycles. The zero-order valence-corrected chi connectivity index (χ0v) is 13.3. The number of imide groups is 1. The number of anilines is 1. The van der Waals surface area contributed by atoms with Crippen LogP contribution in [0.4, 0.5) is 10.5 Å². The second-order valence-electron chi connectivity index (χ2n) is 4.91. The third-order valence-corrected chi connectivity index (χ3v) is 3.38. The number of hydrogen-bond acceptors (Lipinski definition) is 7. The van der Waals surface area contributed by atoms with E-state index in [1.54, 1.807) is 0 Å². The van der Waals surface area contributed by atoms with E-state index in [0.717, 1.165) is 4.90 Å². The minimum absolute atomic E-state index is 0.134. The van der Waals surface area contributed by atoms with Gasteiger partial charge in [0.25, 0.3) is 0 Å². The van der Waals surface area contributed by atoms with Crippen LogP contribution in [0.1, 0.15) is 20.7 Å². The van der Waals surface area contributed by atoms with Crippen LogP contribution >= 0.6 is 0 Å². The van der Waals surface area contributed by atoms with Gasteiger partial charge < -0.3 is 20.1 Å². The molecule has 1 saturated heterocycles. The number of carbonyl (C=O) groups is 4. The number of nitrogens with one attached hydrogen (secondary N) is 2. The largest absolute Gasteiger partial charge is 0.465 e. The summed E-state index contributed by atoms with van der Waals surface area (Å²) in [6, 6.07) is 3.77. The van der Waals surface area contributed by atoms with Crippen molar-refractivity contribution in [2.45, 2.75) is 0 Å². The Morgan fingerprint density at radius 3 is 2.17 bits per heavy atom. The molecule has 1 aliphatic rings. The van der Waals surface area contributed by atoms with E-state index in [0.29, 0.717) is 18.8 Å². The zero-order valence-electron chi connectivity index (χ0n) is 13.3. The van der Waals surface area contributed by atoms with Crippen molar-refractivity contribution in [3.05, 3.63) is 29.3 Å². The van der Waals surface area contributed by atoms with E-state index in [2.05, 4.69) is 20.1 Å². The van der Waals surface area contributed by atoms with Crippen molar-refractivity contribution < 1.29 is 28.7 Å². The maximum Gasteiger partial charge on any atom is 0.337 e. The number of nitrogens with zero attached hydrogens (tertiary/aromatic N) is 1. The van der Waals surface area contributed by atoms with Crippen LogP contribution in [-0.4, -0.2) is 62.6 Å². The fourth-order valence-electron chi connectivity index (χ4n) is 2.18. The Labute approximate surface area is 137 Å². The lowest BCUT2D eigenvalue weighted by molar-refractivity contribution is -0.125. The van der Waals surface area contributed by atoms with Crippen molar-refractivity contribution in [2.24, 2.45) is 0 Å². The average molecular weight is 335 g/mol. The molecule has 1 fully saturated rings. The molecule has 9 heteroatoms. The highest BCUT2D eigenvalue weighted by atomic mass is 16.5. The van der Waals surface area contributed by atoms with Crippen molar-refractivity contribution in [1.82, 2.24) is 10.2 Å². The van der Waals surface area contributed by atoms with Gasteiger partial charge >= 0.3 is 18.0 Å². The molecule has 0 atom stereocenters. The predicted molar refractivity (Wildman–Crippen MR) is 82.7 cm³/mol. The van der Waals surface area contributed by atoms with Gasteiger partial charge in [-0.2, -0.15) is 0 Å². The number of carbonyl (C=O) groups excluding carboxylic acids is 4. The van der Waals surface area contributed by atoms with E-state index in [9.17, 15) is 19.2 Å². The topological polar surface area (TPSA) is 114 Å². The van der Waals surface area contributed by atoms with Gasteiger partial charge in [0.2, 0.25) is 5.91 Å². The molecule has 0 unspecified atom stereocenters. The van der Waals surface area contributed by atoms with Crippen molar-refractivity contribution in [3.8, 4) is 0 Å². The van der Waals surface area contributed by atoms with Crippen LogP contribution in [0.25, 0.3) is 0 Å². The average Bonchev–Trinajstić information content (AvgIpc) is 3.03. The molecule has 0 aliphatic carbocycles. The predicted octanol–water partition coefficient (Wildman–Crippen LogP) is 0.223. The van der Waals surface area contributed by atoms with Crippen LogP contribution in [-0.2, 0) is 14.3 Å². The van der Waals surface area contributed by atoms with Crippen molar-refractivity contribution in [2.75, 3.05) is 39.2 Å². The van der Waals surface area contributed by atoms with Gasteiger partial charge in [0.1, 0.15) is 0 Å². The minimum Gasteiger partial charge on any atom is -0.465 e. The van der Waals surface area contributed by atoms with E-state index < -0.39 is 23.9 Å². The van der Waals surface area contributed by atoms with Crippen LogP contribution in [0.5, 0.6) is 0 Å². The Morgan fingerprint density at radius 1 is 1.12 bits per heavy atom. The Balaban J connectivity index is 2.16. The first-order valence-corrected chi connectivity index (χ1v) is 7.10. The smallest absolute Gasteiger partial charge is 0.337 e. The molecule has 24 heavy (non-hydrogen) atoms. The van der Waals surface area contributed by atoms with Crippen molar-refractivity contribution in [1.29, 1.82) is 0 Å². The highest BCUT2D eigenvalue weighted by Gasteiger charge is 2.25. The summed E-state index contributed by atoms with van der Waals surface area (Å²) in [4.78, 5) is 47.9. The number of hydrogen-bond donors (Lipinski definition) is 2. The molecular weight excluding hydrogens is 318 g/mol. The molecule has 128 valence electrons.